The van der Waals surface area contributed by atoms with Gasteiger partial charge in [-0.1, -0.05) is 38.0 Å². The number of hydrogen-bond acceptors (Lipinski definition) is 3. The summed E-state index contributed by atoms with van der Waals surface area (Å²) in [6, 6.07) is 8.42. The van der Waals surface area contributed by atoms with Gasteiger partial charge in [-0.3, -0.25) is 11.3 Å². The molecule has 0 spiro atoms. The fraction of sp³-hybridized carbons (Fsp3) is 0.571. The molecule has 3 heteroatoms. The van der Waals surface area contributed by atoms with Crippen molar-refractivity contribution in [2.24, 2.45) is 11.8 Å². The van der Waals surface area contributed by atoms with Crippen molar-refractivity contribution in [3.05, 3.63) is 29.8 Å². The Morgan fingerprint density at radius 2 is 2.18 bits per heavy atom. The first-order valence-electron chi connectivity index (χ1n) is 6.53. The summed E-state index contributed by atoms with van der Waals surface area (Å²) in [6.07, 6.45) is 4.83. The molecule has 1 aliphatic rings. The summed E-state index contributed by atoms with van der Waals surface area (Å²) in [4.78, 5) is 0. The molecule has 1 aromatic rings. The number of ether oxygens (including phenoxy) is 1. The van der Waals surface area contributed by atoms with E-state index in [0.717, 1.165) is 31.1 Å². The lowest BCUT2D eigenvalue weighted by atomic mass is 10.0. The van der Waals surface area contributed by atoms with Gasteiger partial charge in [0, 0.05) is 11.6 Å². The van der Waals surface area contributed by atoms with Crippen LogP contribution < -0.4 is 16.0 Å². The van der Waals surface area contributed by atoms with Crippen LogP contribution in [0.4, 0.5) is 0 Å². The molecule has 0 heterocycles. The minimum absolute atomic E-state index is 0.218. The van der Waals surface area contributed by atoms with Gasteiger partial charge in [-0.2, -0.15) is 0 Å². The van der Waals surface area contributed by atoms with Crippen LogP contribution in [0, 0.1) is 5.92 Å². The van der Waals surface area contributed by atoms with Gasteiger partial charge in [0.1, 0.15) is 5.75 Å². The molecule has 0 bridgehead atoms. The van der Waals surface area contributed by atoms with E-state index in [2.05, 4.69) is 18.4 Å². The number of hydrazine groups is 1. The van der Waals surface area contributed by atoms with Crippen LogP contribution in [0.1, 0.15) is 44.2 Å². The van der Waals surface area contributed by atoms with E-state index in [4.69, 9.17) is 10.6 Å². The number of rotatable bonds is 7. The standard InChI is InChI=1S/C14H22N2O/c1-2-9-17-14-6-4-3-5-12(14)13(16-15)10-11-7-8-11/h3-6,11,13,16H,2,7-10,15H2,1H3. The van der Waals surface area contributed by atoms with E-state index in [-0.39, 0.29) is 6.04 Å². The van der Waals surface area contributed by atoms with E-state index in [9.17, 15) is 0 Å². The van der Waals surface area contributed by atoms with Gasteiger partial charge in [0.2, 0.25) is 0 Å². The zero-order chi connectivity index (χ0) is 12.1. The van der Waals surface area contributed by atoms with Crippen molar-refractivity contribution in [2.75, 3.05) is 6.61 Å². The molecule has 3 nitrogen and oxygen atoms in total. The van der Waals surface area contributed by atoms with Gasteiger partial charge < -0.3 is 4.74 Å². The van der Waals surface area contributed by atoms with Crippen LogP contribution in [-0.2, 0) is 0 Å². The summed E-state index contributed by atoms with van der Waals surface area (Å²) in [5.74, 6) is 7.49. The number of benzene rings is 1. The maximum Gasteiger partial charge on any atom is 0.124 e. The van der Waals surface area contributed by atoms with Crippen LogP contribution in [0.15, 0.2) is 24.3 Å². The monoisotopic (exact) mass is 234 g/mol. The predicted octanol–water partition coefficient (Wildman–Crippen LogP) is 2.78. The lowest BCUT2D eigenvalue weighted by Crippen LogP contribution is -2.28. The lowest BCUT2D eigenvalue weighted by Gasteiger charge is -2.19. The molecule has 1 aromatic carbocycles. The second-order valence-corrected chi connectivity index (χ2v) is 4.78. The van der Waals surface area contributed by atoms with E-state index in [1.165, 1.54) is 18.4 Å². The number of hydrogen-bond donors (Lipinski definition) is 2. The van der Waals surface area contributed by atoms with Gasteiger partial charge in [0.25, 0.3) is 0 Å². The summed E-state index contributed by atoms with van der Waals surface area (Å²) in [6.45, 7) is 2.88. The second kappa shape index (κ2) is 6.03. The van der Waals surface area contributed by atoms with Gasteiger partial charge in [-0.15, -0.1) is 0 Å². The fourth-order valence-electron chi connectivity index (χ4n) is 2.08. The quantitative estimate of drug-likeness (QED) is 0.563. The SMILES string of the molecule is CCCOc1ccccc1C(CC1CC1)NN. The Morgan fingerprint density at radius 3 is 2.82 bits per heavy atom. The molecule has 0 saturated heterocycles. The van der Waals surface area contributed by atoms with Crippen molar-refractivity contribution < 1.29 is 4.74 Å². The highest BCUT2D eigenvalue weighted by molar-refractivity contribution is 5.36. The molecule has 3 N–H and O–H groups in total. The molecule has 17 heavy (non-hydrogen) atoms. The summed E-state index contributed by atoms with van der Waals surface area (Å²) < 4.78 is 5.78. The van der Waals surface area contributed by atoms with Gasteiger partial charge in [0.15, 0.2) is 0 Å². The van der Waals surface area contributed by atoms with Crippen molar-refractivity contribution in [3.8, 4) is 5.75 Å². The van der Waals surface area contributed by atoms with E-state index in [1.54, 1.807) is 0 Å². The summed E-state index contributed by atoms with van der Waals surface area (Å²) in [5.41, 5.74) is 4.12. The molecule has 0 amide bonds. The Hall–Kier alpha value is -1.06. The fourth-order valence-corrected chi connectivity index (χ4v) is 2.08. The zero-order valence-corrected chi connectivity index (χ0v) is 10.5. The average molecular weight is 234 g/mol. The Kier molecular flexibility index (Phi) is 4.40. The van der Waals surface area contributed by atoms with Crippen LogP contribution >= 0.6 is 0 Å². The van der Waals surface area contributed by atoms with Crippen LogP contribution in [-0.4, -0.2) is 6.61 Å². The summed E-state index contributed by atoms with van der Waals surface area (Å²) >= 11 is 0. The summed E-state index contributed by atoms with van der Waals surface area (Å²) in [7, 11) is 0. The number of para-hydroxylation sites is 1. The third-order valence-electron chi connectivity index (χ3n) is 3.22. The van der Waals surface area contributed by atoms with E-state index < -0.39 is 0 Å². The molecule has 0 aromatic heterocycles. The molecule has 1 unspecified atom stereocenters. The zero-order valence-electron chi connectivity index (χ0n) is 10.5. The highest BCUT2D eigenvalue weighted by atomic mass is 16.5. The van der Waals surface area contributed by atoms with E-state index in [0.29, 0.717) is 0 Å². The van der Waals surface area contributed by atoms with Crippen molar-refractivity contribution >= 4 is 0 Å². The molecular formula is C14H22N2O. The van der Waals surface area contributed by atoms with E-state index >= 15 is 0 Å². The van der Waals surface area contributed by atoms with Crippen molar-refractivity contribution in [1.82, 2.24) is 5.43 Å². The number of nitrogens with two attached hydrogens (primary N) is 1. The molecule has 0 radical (unpaired) electrons. The van der Waals surface area contributed by atoms with Crippen molar-refractivity contribution in [3.63, 3.8) is 0 Å². The first-order valence-corrected chi connectivity index (χ1v) is 6.53. The Morgan fingerprint density at radius 1 is 1.41 bits per heavy atom. The first-order chi connectivity index (χ1) is 8.35. The Bertz CT molecular complexity index is 350. The van der Waals surface area contributed by atoms with Crippen LogP contribution in [0.2, 0.25) is 0 Å². The van der Waals surface area contributed by atoms with Gasteiger partial charge >= 0.3 is 0 Å². The molecule has 1 aliphatic carbocycles. The third kappa shape index (κ3) is 3.45. The van der Waals surface area contributed by atoms with E-state index in [1.807, 2.05) is 18.2 Å². The topological polar surface area (TPSA) is 47.3 Å². The molecule has 1 atom stereocenters. The Balaban J connectivity index is 2.09. The molecular weight excluding hydrogens is 212 g/mol. The third-order valence-corrected chi connectivity index (χ3v) is 3.22. The highest BCUT2D eigenvalue weighted by Gasteiger charge is 2.27. The molecule has 0 aliphatic heterocycles. The molecule has 1 saturated carbocycles. The van der Waals surface area contributed by atoms with Crippen LogP contribution in [0.25, 0.3) is 0 Å². The largest absolute Gasteiger partial charge is 0.493 e. The summed E-state index contributed by atoms with van der Waals surface area (Å²) in [5, 5.41) is 0. The minimum atomic E-state index is 0.218. The van der Waals surface area contributed by atoms with Crippen molar-refractivity contribution in [1.29, 1.82) is 0 Å². The average Bonchev–Trinajstić information content (AvgIpc) is 3.18. The maximum absolute atomic E-state index is 5.78. The molecule has 94 valence electrons. The number of nitrogens with one attached hydrogen (secondary N) is 1. The minimum Gasteiger partial charge on any atom is -0.493 e. The molecule has 1 fully saturated rings. The predicted molar refractivity (Wildman–Crippen MR) is 69.6 cm³/mol. The normalized spacial score (nSPS) is 16.8. The molecule has 2 rings (SSSR count). The van der Waals surface area contributed by atoms with Gasteiger partial charge in [-0.05, 0) is 24.8 Å². The van der Waals surface area contributed by atoms with Crippen LogP contribution in [0.5, 0.6) is 5.75 Å². The van der Waals surface area contributed by atoms with Crippen LogP contribution in [0.3, 0.4) is 0 Å². The van der Waals surface area contributed by atoms with Gasteiger partial charge in [0.05, 0.1) is 6.61 Å². The second-order valence-electron chi connectivity index (χ2n) is 4.78. The van der Waals surface area contributed by atoms with Gasteiger partial charge in [-0.25, -0.2) is 0 Å². The smallest absolute Gasteiger partial charge is 0.124 e. The first kappa shape index (κ1) is 12.4. The van der Waals surface area contributed by atoms with Crippen molar-refractivity contribution in [2.45, 2.75) is 38.6 Å². The lowest BCUT2D eigenvalue weighted by molar-refractivity contribution is 0.308. The maximum atomic E-state index is 5.78. The highest BCUT2D eigenvalue weighted by Crippen LogP contribution is 2.39. The Labute approximate surface area is 103 Å².